The van der Waals surface area contributed by atoms with Gasteiger partial charge in [-0.1, -0.05) is 22.0 Å². The van der Waals surface area contributed by atoms with E-state index in [0.717, 1.165) is 4.47 Å². The lowest BCUT2D eigenvalue weighted by molar-refractivity contribution is -0.134. The maximum Gasteiger partial charge on any atom is 0.260 e. The van der Waals surface area contributed by atoms with Gasteiger partial charge in [0.15, 0.2) is 6.61 Å². The van der Waals surface area contributed by atoms with E-state index in [-0.39, 0.29) is 19.1 Å². The van der Waals surface area contributed by atoms with Gasteiger partial charge < -0.3 is 14.7 Å². The normalized spacial score (nSPS) is 11.2. The molecule has 0 atom stereocenters. The topological polar surface area (TPSA) is 49.8 Å². The van der Waals surface area contributed by atoms with E-state index in [1.807, 2.05) is 12.1 Å². The van der Waals surface area contributed by atoms with E-state index in [0.29, 0.717) is 5.75 Å². The lowest BCUT2D eigenvalue weighted by atomic mass is 10.1. The summed E-state index contributed by atoms with van der Waals surface area (Å²) in [7, 11) is 1.64. The van der Waals surface area contributed by atoms with Crippen LogP contribution in [0.25, 0.3) is 0 Å². The van der Waals surface area contributed by atoms with Crippen molar-refractivity contribution in [2.75, 3.05) is 20.2 Å². The van der Waals surface area contributed by atoms with Gasteiger partial charge in [-0.25, -0.2) is 0 Å². The molecule has 0 fully saturated rings. The van der Waals surface area contributed by atoms with Crippen molar-refractivity contribution in [3.05, 3.63) is 28.7 Å². The van der Waals surface area contributed by atoms with Gasteiger partial charge in [0.1, 0.15) is 5.75 Å². The Kier molecular flexibility index (Phi) is 5.16. The summed E-state index contributed by atoms with van der Waals surface area (Å²) in [6.07, 6.45) is 0. The minimum atomic E-state index is -0.903. The highest BCUT2D eigenvalue weighted by Gasteiger charge is 2.19. The summed E-state index contributed by atoms with van der Waals surface area (Å²) < 4.78 is 6.28. The van der Waals surface area contributed by atoms with Gasteiger partial charge in [0.2, 0.25) is 0 Å². The molecule has 0 heterocycles. The number of hydrogen-bond donors (Lipinski definition) is 1. The zero-order chi connectivity index (χ0) is 13.8. The molecule has 0 unspecified atom stereocenters. The number of benzene rings is 1. The molecular formula is C13H18BrNO3. The van der Waals surface area contributed by atoms with Crippen molar-refractivity contribution < 1.29 is 14.6 Å². The molecule has 1 rings (SSSR count). The molecule has 0 bridgehead atoms. The molecule has 1 N–H and O–H groups in total. The monoisotopic (exact) mass is 315 g/mol. The Labute approximate surface area is 116 Å². The van der Waals surface area contributed by atoms with Crippen molar-refractivity contribution in [2.24, 2.45) is 0 Å². The van der Waals surface area contributed by atoms with Gasteiger partial charge in [-0.2, -0.15) is 0 Å². The molecule has 1 amide bonds. The second-order valence-corrected chi connectivity index (χ2v) is 5.72. The van der Waals surface area contributed by atoms with Crippen LogP contribution >= 0.6 is 15.9 Å². The fourth-order valence-corrected chi connectivity index (χ4v) is 1.86. The van der Waals surface area contributed by atoms with Gasteiger partial charge in [-0.05, 0) is 32.0 Å². The SMILES string of the molecule is CN(CC(C)(C)O)C(=O)COc1cccc(Br)c1. The summed E-state index contributed by atoms with van der Waals surface area (Å²) in [6, 6.07) is 7.30. The van der Waals surface area contributed by atoms with Gasteiger partial charge >= 0.3 is 0 Å². The summed E-state index contributed by atoms with van der Waals surface area (Å²) in [5.74, 6) is 0.464. The number of amides is 1. The minimum Gasteiger partial charge on any atom is -0.484 e. The standard InChI is InChI=1S/C13H18BrNO3/c1-13(2,17)9-15(3)12(16)8-18-11-6-4-5-10(14)7-11/h4-7,17H,8-9H2,1-3H3. The van der Waals surface area contributed by atoms with Crippen LogP contribution in [0.15, 0.2) is 28.7 Å². The van der Waals surface area contributed by atoms with E-state index in [2.05, 4.69) is 15.9 Å². The van der Waals surface area contributed by atoms with Crippen molar-refractivity contribution in [3.63, 3.8) is 0 Å². The number of ether oxygens (including phenoxy) is 1. The number of nitrogens with zero attached hydrogens (tertiary/aromatic N) is 1. The lowest BCUT2D eigenvalue weighted by Gasteiger charge is -2.25. The Morgan fingerprint density at radius 3 is 2.72 bits per heavy atom. The van der Waals surface area contributed by atoms with Crippen molar-refractivity contribution in [1.29, 1.82) is 0 Å². The quantitative estimate of drug-likeness (QED) is 0.904. The number of rotatable bonds is 5. The van der Waals surface area contributed by atoms with E-state index >= 15 is 0 Å². The van der Waals surface area contributed by atoms with Crippen molar-refractivity contribution in [1.82, 2.24) is 4.90 Å². The predicted octanol–water partition coefficient (Wildman–Crippen LogP) is 2.06. The minimum absolute atomic E-state index is 0.0387. The van der Waals surface area contributed by atoms with E-state index in [1.54, 1.807) is 33.0 Å². The zero-order valence-corrected chi connectivity index (χ0v) is 12.4. The number of halogens is 1. The van der Waals surface area contributed by atoms with Crippen LogP contribution in [0.1, 0.15) is 13.8 Å². The lowest BCUT2D eigenvalue weighted by Crippen LogP contribution is -2.41. The third-order valence-electron chi connectivity index (χ3n) is 2.21. The van der Waals surface area contributed by atoms with Crippen molar-refractivity contribution >= 4 is 21.8 Å². The second-order valence-electron chi connectivity index (χ2n) is 4.81. The molecule has 0 aliphatic carbocycles. The Hall–Kier alpha value is -1.07. The number of likely N-dealkylation sites (N-methyl/N-ethyl adjacent to an activating group) is 1. The van der Waals surface area contributed by atoms with E-state index in [9.17, 15) is 9.90 Å². The third-order valence-corrected chi connectivity index (χ3v) is 2.70. The van der Waals surface area contributed by atoms with Crippen molar-refractivity contribution in [2.45, 2.75) is 19.4 Å². The third kappa shape index (κ3) is 5.51. The Morgan fingerprint density at radius 1 is 1.50 bits per heavy atom. The average Bonchev–Trinajstić information content (AvgIpc) is 2.23. The number of hydrogen-bond acceptors (Lipinski definition) is 3. The molecule has 0 saturated heterocycles. The largest absolute Gasteiger partial charge is 0.484 e. The van der Waals surface area contributed by atoms with Crippen LogP contribution in [0.2, 0.25) is 0 Å². The fourth-order valence-electron chi connectivity index (χ4n) is 1.48. The summed E-state index contributed by atoms with van der Waals surface area (Å²) in [4.78, 5) is 13.2. The molecule has 5 heteroatoms. The molecule has 0 spiro atoms. The summed E-state index contributed by atoms with van der Waals surface area (Å²) in [6.45, 7) is 3.55. The highest BCUT2D eigenvalue weighted by molar-refractivity contribution is 9.10. The van der Waals surface area contributed by atoms with E-state index in [4.69, 9.17) is 4.74 Å². The number of aliphatic hydroxyl groups is 1. The average molecular weight is 316 g/mol. The zero-order valence-electron chi connectivity index (χ0n) is 10.8. The Bertz CT molecular complexity index is 415. The maximum atomic E-state index is 11.8. The summed E-state index contributed by atoms with van der Waals surface area (Å²) >= 11 is 3.33. The molecule has 0 aliphatic rings. The maximum absolute atomic E-state index is 11.8. The summed E-state index contributed by atoms with van der Waals surface area (Å²) in [5.41, 5.74) is -0.903. The van der Waals surface area contributed by atoms with Gasteiger partial charge in [0.05, 0.1) is 5.60 Å². The molecule has 100 valence electrons. The van der Waals surface area contributed by atoms with Crippen LogP contribution in [0.3, 0.4) is 0 Å². The second kappa shape index (κ2) is 6.20. The molecule has 18 heavy (non-hydrogen) atoms. The van der Waals surface area contributed by atoms with Crippen LogP contribution in [-0.4, -0.2) is 41.7 Å². The summed E-state index contributed by atoms with van der Waals surface area (Å²) in [5, 5.41) is 9.62. The first-order valence-electron chi connectivity index (χ1n) is 5.63. The van der Waals surface area contributed by atoms with Crippen LogP contribution in [-0.2, 0) is 4.79 Å². The number of carbonyl (C=O) groups is 1. The molecule has 0 aromatic heterocycles. The Morgan fingerprint density at radius 2 is 2.17 bits per heavy atom. The van der Waals surface area contributed by atoms with Crippen molar-refractivity contribution in [3.8, 4) is 5.75 Å². The highest BCUT2D eigenvalue weighted by Crippen LogP contribution is 2.17. The van der Waals surface area contributed by atoms with Gasteiger partial charge in [0.25, 0.3) is 5.91 Å². The molecule has 0 radical (unpaired) electrons. The van der Waals surface area contributed by atoms with E-state index < -0.39 is 5.60 Å². The molecule has 0 saturated carbocycles. The van der Waals surface area contributed by atoms with Crippen LogP contribution < -0.4 is 4.74 Å². The first-order chi connectivity index (χ1) is 8.28. The molecule has 1 aromatic carbocycles. The van der Waals surface area contributed by atoms with Crippen LogP contribution in [0.4, 0.5) is 0 Å². The van der Waals surface area contributed by atoms with Gasteiger partial charge in [0, 0.05) is 18.1 Å². The Balaban J connectivity index is 2.46. The highest BCUT2D eigenvalue weighted by atomic mass is 79.9. The molecule has 4 nitrogen and oxygen atoms in total. The molecule has 0 aliphatic heterocycles. The van der Waals surface area contributed by atoms with Crippen LogP contribution in [0.5, 0.6) is 5.75 Å². The molecular weight excluding hydrogens is 298 g/mol. The number of carbonyl (C=O) groups excluding carboxylic acids is 1. The van der Waals surface area contributed by atoms with Crippen LogP contribution in [0, 0.1) is 0 Å². The smallest absolute Gasteiger partial charge is 0.260 e. The fraction of sp³-hybridized carbons (Fsp3) is 0.462. The first kappa shape index (κ1) is 15.0. The predicted molar refractivity (Wildman–Crippen MR) is 73.6 cm³/mol. The van der Waals surface area contributed by atoms with Gasteiger partial charge in [-0.15, -0.1) is 0 Å². The first-order valence-corrected chi connectivity index (χ1v) is 6.42. The van der Waals surface area contributed by atoms with E-state index in [1.165, 1.54) is 4.90 Å². The molecule has 1 aromatic rings. The van der Waals surface area contributed by atoms with Gasteiger partial charge in [-0.3, -0.25) is 4.79 Å².